The number of benzene rings is 6. The first-order valence-electron chi connectivity index (χ1n) is 15.6. The van der Waals surface area contributed by atoms with Gasteiger partial charge in [-0.05, 0) is 52.5 Å². The summed E-state index contributed by atoms with van der Waals surface area (Å²) in [5.41, 5.74) is 5.93. The maximum absolute atomic E-state index is 10.7. The van der Waals surface area contributed by atoms with Crippen LogP contribution in [-0.4, -0.2) is 25.0 Å². The standard InChI is InChI=1S/C42H28N5O.Pt/c48-38-24-10-9-22-36(38)42-45-40(31-16-5-2-6-17-31)44-41(46-42)33-19-11-20-34(27-33)47(37-23-12-18-30-15-7-8-21-35(30)37)39-28-32(25-26-43-39)29-13-3-1-4-14-29;/h1-26,28,48H;/q-1;. The van der Waals surface area contributed by atoms with Gasteiger partial charge in [-0.15, -0.1) is 29.8 Å². The molecule has 7 heteroatoms. The molecule has 0 fully saturated rings. The molecule has 0 saturated heterocycles. The van der Waals surface area contributed by atoms with Crippen molar-refractivity contribution < 1.29 is 26.2 Å². The van der Waals surface area contributed by atoms with Crippen LogP contribution in [0.25, 0.3) is 56.1 Å². The number of phenolic OH excluding ortho intramolecular Hbond substituents is 1. The van der Waals surface area contributed by atoms with E-state index in [0.717, 1.165) is 44.7 Å². The molecule has 0 aliphatic heterocycles. The number of para-hydroxylation sites is 1. The third-order valence-electron chi connectivity index (χ3n) is 8.16. The Kier molecular flexibility index (Phi) is 9.05. The van der Waals surface area contributed by atoms with Gasteiger partial charge in [0.15, 0.2) is 11.6 Å². The average Bonchev–Trinajstić information content (AvgIpc) is 3.16. The van der Waals surface area contributed by atoms with E-state index in [4.69, 9.17) is 19.9 Å². The van der Waals surface area contributed by atoms with Crippen molar-refractivity contribution in [2.24, 2.45) is 0 Å². The zero-order chi connectivity index (χ0) is 32.3. The van der Waals surface area contributed by atoms with Gasteiger partial charge in [-0.3, -0.25) is 9.97 Å². The van der Waals surface area contributed by atoms with E-state index in [-0.39, 0.29) is 26.8 Å². The predicted molar refractivity (Wildman–Crippen MR) is 192 cm³/mol. The Hall–Kier alpha value is -5.97. The number of rotatable bonds is 7. The van der Waals surface area contributed by atoms with Gasteiger partial charge < -0.3 is 10.0 Å². The normalized spacial score (nSPS) is 10.8. The summed E-state index contributed by atoms with van der Waals surface area (Å²) in [5, 5.41) is 12.9. The molecule has 0 aliphatic rings. The molecule has 0 amide bonds. The minimum Gasteiger partial charge on any atom is -0.507 e. The fourth-order valence-electron chi connectivity index (χ4n) is 5.84. The van der Waals surface area contributed by atoms with E-state index in [1.165, 1.54) is 0 Å². The number of aromatic hydroxyl groups is 1. The molecule has 6 nitrogen and oxygen atoms in total. The first-order valence-corrected chi connectivity index (χ1v) is 15.6. The number of nitrogens with zero attached hydrogens (tertiary/aromatic N) is 5. The number of hydrogen-bond donors (Lipinski definition) is 1. The van der Waals surface area contributed by atoms with E-state index in [1.54, 1.807) is 18.2 Å². The van der Waals surface area contributed by atoms with Crippen molar-refractivity contribution in [3.63, 3.8) is 0 Å². The minimum absolute atomic E-state index is 0. The summed E-state index contributed by atoms with van der Waals surface area (Å²) >= 11 is 0. The first-order chi connectivity index (χ1) is 23.7. The molecule has 8 rings (SSSR count). The Morgan fingerprint density at radius 2 is 1.18 bits per heavy atom. The number of fused-ring (bicyclic) bond motifs is 1. The van der Waals surface area contributed by atoms with Crippen LogP contribution in [0, 0.1) is 6.07 Å². The van der Waals surface area contributed by atoms with Gasteiger partial charge in [0.2, 0.25) is 0 Å². The summed E-state index contributed by atoms with van der Waals surface area (Å²) in [5.74, 6) is 2.15. The van der Waals surface area contributed by atoms with Gasteiger partial charge in [-0.2, -0.15) is 0 Å². The monoisotopic (exact) mass is 813 g/mol. The molecule has 6 aromatic carbocycles. The Balaban J connectivity index is 0.00000378. The number of aromatic nitrogens is 4. The Labute approximate surface area is 298 Å². The largest absolute Gasteiger partial charge is 0.507 e. The zero-order valence-electron chi connectivity index (χ0n) is 26.1. The van der Waals surface area contributed by atoms with Crippen LogP contribution in [0.15, 0.2) is 164 Å². The van der Waals surface area contributed by atoms with Crippen molar-refractivity contribution in [3.8, 4) is 51.0 Å². The van der Waals surface area contributed by atoms with Crippen LogP contribution >= 0.6 is 0 Å². The third kappa shape index (κ3) is 6.47. The Bertz CT molecular complexity index is 2380. The molecule has 49 heavy (non-hydrogen) atoms. The molecule has 0 unspecified atom stereocenters. The number of pyridine rings is 1. The quantitative estimate of drug-likeness (QED) is 0.162. The van der Waals surface area contributed by atoms with Crippen molar-refractivity contribution in [1.29, 1.82) is 0 Å². The van der Waals surface area contributed by atoms with Gasteiger partial charge in [-0.25, -0.2) is 9.97 Å². The predicted octanol–water partition coefficient (Wildman–Crippen LogP) is 10.1. The van der Waals surface area contributed by atoms with E-state index in [2.05, 4.69) is 65.6 Å². The third-order valence-corrected chi connectivity index (χ3v) is 8.16. The summed E-state index contributed by atoms with van der Waals surface area (Å²) < 4.78 is 0. The molecule has 8 aromatic rings. The van der Waals surface area contributed by atoms with Gasteiger partial charge in [0.25, 0.3) is 0 Å². The smallest absolute Gasteiger partial charge is 0.158 e. The number of phenols is 1. The van der Waals surface area contributed by atoms with Gasteiger partial charge in [0.05, 0.1) is 17.1 Å². The Morgan fingerprint density at radius 1 is 0.531 bits per heavy atom. The summed E-state index contributed by atoms with van der Waals surface area (Å²) in [7, 11) is 0. The molecule has 0 aliphatic carbocycles. The molecule has 0 bridgehead atoms. The second-order valence-corrected chi connectivity index (χ2v) is 11.2. The van der Waals surface area contributed by atoms with Crippen LogP contribution in [0.3, 0.4) is 0 Å². The van der Waals surface area contributed by atoms with Gasteiger partial charge in [0.1, 0.15) is 11.6 Å². The van der Waals surface area contributed by atoms with Crippen LogP contribution in [0.2, 0.25) is 0 Å². The summed E-state index contributed by atoms with van der Waals surface area (Å²) in [6.45, 7) is 0. The SMILES string of the molecule is Oc1ccccc1-c1nc(-c2[c-]c(N(c3cc(-c4ccccc4)ccn3)c3cccc4ccccc34)ccc2)nc(-c2ccccc2)n1.[Pt]. The second-order valence-electron chi connectivity index (χ2n) is 11.2. The van der Waals surface area contributed by atoms with Crippen LogP contribution < -0.4 is 4.90 Å². The Morgan fingerprint density at radius 3 is 2.00 bits per heavy atom. The van der Waals surface area contributed by atoms with Gasteiger partial charge in [0, 0.05) is 38.2 Å². The summed E-state index contributed by atoms with van der Waals surface area (Å²) in [6.07, 6.45) is 1.84. The summed E-state index contributed by atoms with van der Waals surface area (Å²) in [4.78, 5) is 21.5. The summed E-state index contributed by atoms with van der Waals surface area (Å²) in [6, 6.07) is 55.4. The topological polar surface area (TPSA) is 75.0 Å². The van der Waals surface area contributed by atoms with E-state index < -0.39 is 0 Å². The molecule has 0 spiro atoms. The van der Waals surface area contributed by atoms with Gasteiger partial charge in [-0.1, -0.05) is 109 Å². The molecule has 2 heterocycles. The first kappa shape index (κ1) is 31.6. The van der Waals surface area contributed by atoms with E-state index in [1.807, 2.05) is 91.1 Å². The molecule has 0 atom stereocenters. The number of hydrogen-bond acceptors (Lipinski definition) is 6. The van der Waals surface area contributed by atoms with Gasteiger partial charge >= 0.3 is 0 Å². The number of anilines is 3. The molecule has 2 aromatic heterocycles. The van der Waals surface area contributed by atoms with Crippen LogP contribution in [0.1, 0.15) is 0 Å². The van der Waals surface area contributed by atoms with Crippen LogP contribution in [-0.2, 0) is 21.1 Å². The molecule has 0 saturated carbocycles. The van der Waals surface area contributed by atoms with Crippen LogP contribution in [0.5, 0.6) is 5.75 Å². The fourth-order valence-corrected chi connectivity index (χ4v) is 5.84. The van der Waals surface area contributed by atoms with Crippen LogP contribution in [0.4, 0.5) is 17.2 Å². The fraction of sp³-hybridized carbons (Fsp3) is 0. The van der Waals surface area contributed by atoms with E-state index in [0.29, 0.717) is 28.6 Å². The molecular formula is C42H28N5OPt-. The van der Waals surface area contributed by atoms with Crippen molar-refractivity contribution in [3.05, 3.63) is 170 Å². The van der Waals surface area contributed by atoms with E-state index >= 15 is 0 Å². The molecule has 1 N–H and O–H groups in total. The molecule has 238 valence electrons. The average molecular weight is 814 g/mol. The van der Waals surface area contributed by atoms with E-state index in [9.17, 15) is 5.11 Å². The molecular weight excluding hydrogens is 786 g/mol. The van der Waals surface area contributed by atoms with Crippen molar-refractivity contribution >= 4 is 28.0 Å². The zero-order valence-corrected chi connectivity index (χ0v) is 28.4. The maximum atomic E-state index is 10.7. The minimum atomic E-state index is 0. The second kappa shape index (κ2) is 14.0. The van der Waals surface area contributed by atoms with Crippen molar-refractivity contribution in [2.45, 2.75) is 0 Å². The maximum Gasteiger partial charge on any atom is 0.158 e. The molecule has 0 radical (unpaired) electrons. The van der Waals surface area contributed by atoms with Crippen molar-refractivity contribution in [1.82, 2.24) is 19.9 Å². The van der Waals surface area contributed by atoms with Crippen molar-refractivity contribution in [2.75, 3.05) is 4.90 Å².